The van der Waals surface area contributed by atoms with Crippen molar-refractivity contribution in [1.29, 1.82) is 0 Å². The van der Waals surface area contributed by atoms with Gasteiger partial charge < -0.3 is 18.9 Å². The first-order valence-corrected chi connectivity index (χ1v) is 6.27. The van der Waals surface area contributed by atoms with Crippen molar-refractivity contribution < 1.29 is 18.9 Å². The predicted octanol–water partition coefficient (Wildman–Crippen LogP) is 2.75. The molecule has 0 amide bonds. The highest BCUT2D eigenvalue weighted by atomic mass is 16.7. The molecule has 1 saturated heterocycles. The standard InChI is InChI=1S/C14H20O4/c1-15-10-11-9-12(6-7-13(11)16-2)18-14-5-3-4-8-17-14/h6-7,9,14H,3-5,8,10H2,1-2H3. The van der Waals surface area contributed by atoms with Gasteiger partial charge in [0.05, 0.1) is 20.3 Å². The average Bonchev–Trinajstić information content (AvgIpc) is 2.41. The Morgan fingerprint density at radius 2 is 2.17 bits per heavy atom. The molecule has 1 atom stereocenters. The van der Waals surface area contributed by atoms with E-state index < -0.39 is 0 Å². The number of hydrogen-bond donors (Lipinski definition) is 0. The van der Waals surface area contributed by atoms with Crippen LogP contribution < -0.4 is 9.47 Å². The quantitative estimate of drug-likeness (QED) is 0.807. The zero-order valence-electron chi connectivity index (χ0n) is 11.0. The first-order valence-electron chi connectivity index (χ1n) is 6.27. The lowest BCUT2D eigenvalue weighted by Gasteiger charge is -2.23. The molecular formula is C14H20O4. The molecule has 1 fully saturated rings. The van der Waals surface area contributed by atoms with Crippen molar-refractivity contribution in [2.45, 2.75) is 32.2 Å². The van der Waals surface area contributed by atoms with Crippen LogP contribution in [0.5, 0.6) is 11.5 Å². The molecule has 2 rings (SSSR count). The molecule has 0 spiro atoms. The van der Waals surface area contributed by atoms with Gasteiger partial charge in [0.2, 0.25) is 0 Å². The Hall–Kier alpha value is -1.26. The largest absolute Gasteiger partial charge is 0.496 e. The van der Waals surface area contributed by atoms with Crippen LogP contribution in [0.15, 0.2) is 18.2 Å². The van der Waals surface area contributed by atoms with Crippen molar-refractivity contribution in [3.63, 3.8) is 0 Å². The van der Waals surface area contributed by atoms with Crippen LogP contribution in [-0.2, 0) is 16.1 Å². The van der Waals surface area contributed by atoms with Crippen molar-refractivity contribution in [3.8, 4) is 11.5 Å². The molecular weight excluding hydrogens is 232 g/mol. The Bertz CT molecular complexity index is 372. The minimum absolute atomic E-state index is 0.123. The van der Waals surface area contributed by atoms with Crippen molar-refractivity contribution in [2.24, 2.45) is 0 Å². The zero-order valence-corrected chi connectivity index (χ0v) is 11.0. The monoisotopic (exact) mass is 252 g/mol. The fraction of sp³-hybridized carbons (Fsp3) is 0.571. The van der Waals surface area contributed by atoms with Gasteiger partial charge in [0.15, 0.2) is 6.29 Å². The molecule has 18 heavy (non-hydrogen) atoms. The van der Waals surface area contributed by atoms with Crippen LogP contribution in [0.4, 0.5) is 0 Å². The summed E-state index contributed by atoms with van der Waals surface area (Å²) in [6.07, 6.45) is 3.11. The summed E-state index contributed by atoms with van der Waals surface area (Å²) in [5, 5.41) is 0. The molecule has 1 aliphatic heterocycles. The van der Waals surface area contributed by atoms with E-state index in [1.54, 1.807) is 14.2 Å². The molecule has 4 nitrogen and oxygen atoms in total. The molecule has 1 aliphatic rings. The predicted molar refractivity (Wildman–Crippen MR) is 67.9 cm³/mol. The van der Waals surface area contributed by atoms with E-state index in [9.17, 15) is 0 Å². The number of rotatable bonds is 5. The van der Waals surface area contributed by atoms with E-state index in [2.05, 4.69) is 0 Å². The first kappa shape index (κ1) is 13.2. The second-order valence-corrected chi connectivity index (χ2v) is 4.32. The van der Waals surface area contributed by atoms with E-state index in [-0.39, 0.29) is 6.29 Å². The molecule has 0 aromatic heterocycles. The van der Waals surface area contributed by atoms with Gasteiger partial charge in [-0.2, -0.15) is 0 Å². The van der Waals surface area contributed by atoms with Crippen LogP contribution in [-0.4, -0.2) is 27.1 Å². The molecule has 1 aromatic rings. The Morgan fingerprint density at radius 3 is 2.83 bits per heavy atom. The van der Waals surface area contributed by atoms with Gasteiger partial charge in [-0.05, 0) is 31.0 Å². The molecule has 0 saturated carbocycles. The van der Waals surface area contributed by atoms with Crippen molar-refractivity contribution in [3.05, 3.63) is 23.8 Å². The maximum Gasteiger partial charge on any atom is 0.199 e. The van der Waals surface area contributed by atoms with E-state index in [1.807, 2.05) is 18.2 Å². The summed E-state index contributed by atoms with van der Waals surface area (Å²) in [6, 6.07) is 5.74. The summed E-state index contributed by atoms with van der Waals surface area (Å²) in [6.45, 7) is 1.29. The Labute approximate surface area is 108 Å². The lowest BCUT2D eigenvalue weighted by molar-refractivity contribution is -0.105. The van der Waals surface area contributed by atoms with E-state index >= 15 is 0 Å². The Balaban J connectivity index is 2.05. The highest BCUT2D eigenvalue weighted by Gasteiger charge is 2.16. The van der Waals surface area contributed by atoms with Crippen molar-refractivity contribution in [1.82, 2.24) is 0 Å². The van der Waals surface area contributed by atoms with Gasteiger partial charge in [-0.3, -0.25) is 0 Å². The third kappa shape index (κ3) is 3.37. The summed E-state index contributed by atoms with van der Waals surface area (Å²) >= 11 is 0. The van der Waals surface area contributed by atoms with Gasteiger partial charge in [0.25, 0.3) is 0 Å². The normalized spacial score (nSPS) is 19.6. The SMILES string of the molecule is COCc1cc(OC2CCCCO2)ccc1OC. The zero-order chi connectivity index (χ0) is 12.8. The summed E-state index contributed by atoms with van der Waals surface area (Å²) in [5.41, 5.74) is 0.980. The number of benzene rings is 1. The van der Waals surface area contributed by atoms with Gasteiger partial charge >= 0.3 is 0 Å². The van der Waals surface area contributed by atoms with Gasteiger partial charge in [0.1, 0.15) is 11.5 Å². The lowest BCUT2D eigenvalue weighted by atomic mass is 10.2. The smallest absolute Gasteiger partial charge is 0.199 e. The van der Waals surface area contributed by atoms with Crippen LogP contribution in [0.2, 0.25) is 0 Å². The molecule has 100 valence electrons. The molecule has 0 N–H and O–H groups in total. The maximum absolute atomic E-state index is 5.81. The highest BCUT2D eigenvalue weighted by Crippen LogP contribution is 2.26. The third-order valence-corrected chi connectivity index (χ3v) is 2.96. The second kappa shape index (κ2) is 6.61. The number of ether oxygens (including phenoxy) is 4. The molecule has 1 unspecified atom stereocenters. The average molecular weight is 252 g/mol. The second-order valence-electron chi connectivity index (χ2n) is 4.32. The van der Waals surface area contributed by atoms with Gasteiger partial charge in [-0.1, -0.05) is 0 Å². The molecule has 0 aliphatic carbocycles. The van der Waals surface area contributed by atoms with E-state index in [0.717, 1.165) is 42.9 Å². The summed E-state index contributed by atoms with van der Waals surface area (Å²) < 4.78 is 21.8. The van der Waals surface area contributed by atoms with E-state index in [1.165, 1.54) is 0 Å². The van der Waals surface area contributed by atoms with Crippen molar-refractivity contribution >= 4 is 0 Å². The van der Waals surface area contributed by atoms with E-state index in [0.29, 0.717) is 6.61 Å². The summed E-state index contributed by atoms with van der Waals surface area (Å²) in [5.74, 6) is 1.61. The van der Waals surface area contributed by atoms with Gasteiger partial charge in [0, 0.05) is 19.1 Å². The van der Waals surface area contributed by atoms with Crippen LogP contribution in [0, 0.1) is 0 Å². The minimum Gasteiger partial charge on any atom is -0.496 e. The van der Waals surface area contributed by atoms with Gasteiger partial charge in [-0.15, -0.1) is 0 Å². The molecule has 1 aromatic carbocycles. The Kier molecular flexibility index (Phi) is 4.84. The van der Waals surface area contributed by atoms with Crippen LogP contribution in [0.1, 0.15) is 24.8 Å². The topological polar surface area (TPSA) is 36.9 Å². The van der Waals surface area contributed by atoms with Crippen LogP contribution in [0.25, 0.3) is 0 Å². The molecule has 4 heteroatoms. The first-order chi connectivity index (χ1) is 8.83. The minimum atomic E-state index is -0.123. The van der Waals surface area contributed by atoms with Crippen molar-refractivity contribution in [2.75, 3.05) is 20.8 Å². The maximum atomic E-state index is 5.81. The van der Waals surface area contributed by atoms with Crippen LogP contribution >= 0.6 is 0 Å². The number of hydrogen-bond acceptors (Lipinski definition) is 4. The summed E-state index contributed by atoms with van der Waals surface area (Å²) in [4.78, 5) is 0. The van der Waals surface area contributed by atoms with Gasteiger partial charge in [-0.25, -0.2) is 0 Å². The lowest BCUT2D eigenvalue weighted by Crippen LogP contribution is -2.25. The fourth-order valence-electron chi connectivity index (χ4n) is 2.05. The van der Waals surface area contributed by atoms with Crippen LogP contribution in [0.3, 0.4) is 0 Å². The fourth-order valence-corrected chi connectivity index (χ4v) is 2.05. The Morgan fingerprint density at radius 1 is 1.28 bits per heavy atom. The summed E-state index contributed by atoms with van der Waals surface area (Å²) in [7, 11) is 3.32. The number of methoxy groups -OCH3 is 2. The highest BCUT2D eigenvalue weighted by molar-refractivity contribution is 5.40. The van der Waals surface area contributed by atoms with E-state index in [4.69, 9.17) is 18.9 Å². The molecule has 0 radical (unpaired) electrons. The molecule has 1 heterocycles. The molecule has 0 bridgehead atoms. The third-order valence-electron chi connectivity index (χ3n) is 2.96.